The molecule has 1 aliphatic heterocycles. The molecular formula is C20H16Cl2N4O. The lowest BCUT2D eigenvalue weighted by molar-refractivity contribution is -0.120. The third kappa shape index (κ3) is 3.75. The van der Waals surface area contributed by atoms with E-state index in [4.69, 9.17) is 23.2 Å². The van der Waals surface area contributed by atoms with Crippen molar-refractivity contribution >= 4 is 40.6 Å². The van der Waals surface area contributed by atoms with Crippen LogP contribution in [0.3, 0.4) is 0 Å². The molecule has 0 saturated carbocycles. The summed E-state index contributed by atoms with van der Waals surface area (Å²) in [5, 5.41) is 3.62. The summed E-state index contributed by atoms with van der Waals surface area (Å²) in [7, 11) is 0. The van der Waals surface area contributed by atoms with Gasteiger partial charge in [-0.05, 0) is 12.1 Å². The van der Waals surface area contributed by atoms with Gasteiger partial charge in [0, 0.05) is 24.7 Å². The Labute approximate surface area is 167 Å². The molecule has 0 unspecified atom stereocenters. The summed E-state index contributed by atoms with van der Waals surface area (Å²) >= 11 is 12.1. The molecule has 1 saturated heterocycles. The fraction of sp³-hybridized carbons (Fsp3) is 0.150. The van der Waals surface area contributed by atoms with Crippen molar-refractivity contribution in [3.8, 4) is 11.3 Å². The second-order valence-corrected chi connectivity index (χ2v) is 7.11. The highest BCUT2D eigenvalue weighted by Crippen LogP contribution is 2.31. The number of carbonyl (C=O) groups is 1. The van der Waals surface area contributed by atoms with E-state index in [0.717, 1.165) is 17.1 Å². The van der Waals surface area contributed by atoms with E-state index in [0.29, 0.717) is 28.8 Å². The number of aromatic nitrogens is 2. The average Bonchev–Trinajstić information content (AvgIpc) is 2.65. The van der Waals surface area contributed by atoms with Gasteiger partial charge in [0.1, 0.15) is 12.1 Å². The third-order valence-corrected chi connectivity index (χ3v) is 5.33. The van der Waals surface area contributed by atoms with Gasteiger partial charge in [-0.25, -0.2) is 9.97 Å². The van der Waals surface area contributed by atoms with Crippen molar-refractivity contribution < 1.29 is 4.79 Å². The van der Waals surface area contributed by atoms with Gasteiger partial charge in [-0.15, -0.1) is 0 Å². The molecule has 3 aromatic rings. The van der Waals surface area contributed by atoms with Gasteiger partial charge in [-0.3, -0.25) is 4.79 Å². The fourth-order valence-corrected chi connectivity index (χ4v) is 3.30. The molecule has 1 aromatic heterocycles. The molecule has 0 bridgehead atoms. The molecular weight excluding hydrogens is 383 g/mol. The summed E-state index contributed by atoms with van der Waals surface area (Å²) < 4.78 is 0. The van der Waals surface area contributed by atoms with Gasteiger partial charge in [0.15, 0.2) is 0 Å². The van der Waals surface area contributed by atoms with E-state index in [-0.39, 0.29) is 11.8 Å². The van der Waals surface area contributed by atoms with Crippen LogP contribution in [0.15, 0.2) is 60.9 Å². The largest absolute Gasteiger partial charge is 0.355 e. The van der Waals surface area contributed by atoms with Gasteiger partial charge in [0.05, 0.1) is 27.3 Å². The zero-order chi connectivity index (χ0) is 18.8. The van der Waals surface area contributed by atoms with Gasteiger partial charge in [0.2, 0.25) is 5.91 Å². The number of hydrogen-bond acceptors (Lipinski definition) is 4. The fourth-order valence-electron chi connectivity index (χ4n) is 2.95. The van der Waals surface area contributed by atoms with E-state index < -0.39 is 0 Å². The first-order valence-corrected chi connectivity index (χ1v) is 9.24. The minimum absolute atomic E-state index is 0.0762. The number of anilines is 2. The second-order valence-electron chi connectivity index (χ2n) is 6.32. The highest BCUT2D eigenvalue weighted by atomic mass is 35.5. The smallest absolute Gasteiger partial charge is 0.231 e. The quantitative estimate of drug-likeness (QED) is 0.701. The average molecular weight is 399 g/mol. The van der Waals surface area contributed by atoms with Crippen molar-refractivity contribution in [3.63, 3.8) is 0 Å². The molecule has 0 radical (unpaired) electrons. The van der Waals surface area contributed by atoms with Crippen LogP contribution in [0, 0.1) is 5.92 Å². The maximum atomic E-state index is 12.5. The molecule has 2 aromatic carbocycles. The van der Waals surface area contributed by atoms with Gasteiger partial charge >= 0.3 is 0 Å². The first-order valence-electron chi connectivity index (χ1n) is 8.49. The summed E-state index contributed by atoms with van der Waals surface area (Å²) in [5.41, 5.74) is 2.42. The maximum absolute atomic E-state index is 12.5. The van der Waals surface area contributed by atoms with Crippen molar-refractivity contribution in [1.29, 1.82) is 0 Å². The zero-order valence-electron chi connectivity index (χ0n) is 14.3. The molecule has 0 atom stereocenters. The van der Waals surface area contributed by atoms with Gasteiger partial charge < -0.3 is 10.2 Å². The van der Waals surface area contributed by atoms with Crippen LogP contribution in [0.5, 0.6) is 0 Å². The van der Waals surface area contributed by atoms with Gasteiger partial charge in [-0.1, -0.05) is 59.6 Å². The van der Waals surface area contributed by atoms with E-state index in [9.17, 15) is 4.79 Å². The molecule has 136 valence electrons. The van der Waals surface area contributed by atoms with Crippen LogP contribution in [-0.4, -0.2) is 29.0 Å². The van der Waals surface area contributed by atoms with Crippen molar-refractivity contribution in [2.75, 3.05) is 23.3 Å². The summed E-state index contributed by atoms with van der Waals surface area (Å²) in [6, 6.07) is 17.0. The van der Waals surface area contributed by atoms with Gasteiger partial charge in [0.25, 0.3) is 0 Å². The Bertz CT molecular complexity index is 975. The number of nitrogens with zero attached hydrogens (tertiary/aromatic N) is 3. The topological polar surface area (TPSA) is 58.1 Å². The van der Waals surface area contributed by atoms with E-state index in [1.165, 1.54) is 0 Å². The van der Waals surface area contributed by atoms with Crippen LogP contribution in [0.4, 0.5) is 11.5 Å². The number of carbonyl (C=O) groups excluding carboxylic acids is 1. The molecule has 1 N–H and O–H groups in total. The normalized spacial score (nSPS) is 13.9. The lowest BCUT2D eigenvalue weighted by atomic mass is 9.99. The van der Waals surface area contributed by atoms with Gasteiger partial charge in [-0.2, -0.15) is 0 Å². The van der Waals surface area contributed by atoms with Crippen LogP contribution in [-0.2, 0) is 4.79 Å². The number of amides is 1. The minimum Gasteiger partial charge on any atom is -0.355 e. The van der Waals surface area contributed by atoms with E-state index in [2.05, 4.69) is 20.2 Å². The van der Waals surface area contributed by atoms with Crippen LogP contribution < -0.4 is 10.2 Å². The Morgan fingerprint density at radius 3 is 2.59 bits per heavy atom. The molecule has 1 amide bonds. The predicted octanol–water partition coefficient (Wildman–Crippen LogP) is 4.53. The summed E-state index contributed by atoms with van der Waals surface area (Å²) in [4.78, 5) is 23.2. The van der Waals surface area contributed by atoms with Crippen molar-refractivity contribution in [2.45, 2.75) is 0 Å². The SMILES string of the molecule is O=C(Nc1cccc(Cl)c1Cl)C1CN(c2cc(-c3ccccc3)ncn2)C1. The molecule has 0 spiro atoms. The highest BCUT2D eigenvalue weighted by molar-refractivity contribution is 6.44. The molecule has 1 aliphatic rings. The lowest BCUT2D eigenvalue weighted by Crippen LogP contribution is -2.52. The molecule has 2 heterocycles. The summed E-state index contributed by atoms with van der Waals surface area (Å²) in [6.07, 6.45) is 1.55. The Hall–Kier alpha value is -2.63. The van der Waals surface area contributed by atoms with E-state index >= 15 is 0 Å². The molecule has 1 fully saturated rings. The number of hydrogen-bond donors (Lipinski definition) is 1. The number of halogens is 2. The Balaban J connectivity index is 1.41. The van der Waals surface area contributed by atoms with Crippen LogP contribution in [0.1, 0.15) is 0 Å². The molecule has 27 heavy (non-hydrogen) atoms. The molecule has 0 aliphatic carbocycles. The molecule has 4 rings (SSSR count). The Morgan fingerprint density at radius 2 is 1.81 bits per heavy atom. The summed E-state index contributed by atoms with van der Waals surface area (Å²) in [6.45, 7) is 1.19. The summed E-state index contributed by atoms with van der Waals surface area (Å²) in [5.74, 6) is 0.608. The monoisotopic (exact) mass is 398 g/mol. The van der Waals surface area contributed by atoms with Crippen molar-refractivity contribution in [1.82, 2.24) is 9.97 Å². The van der Waals surface area contributed by atoms with Crippen LogP contribution >= 0.6 is 23.2 Å². The third-order valence-electron chi connectivity index (χ3n) is 4.51. The number of nitrogens with one attached hydrogen (secondary N) is 1. The Kier molecular flexibility index (Phi) is 4.97. The first kappa shape index (κ1) is 17.8. The lowest BCUT2D eigenvalue weighted by Gasteiger charge is -2.39. The standard InChI is InChI=1S/C20H16Cl2N4O/c21-15-7-4-8-16(19(15)22)25-20(27)14-10-26(11-14)18-9-17(23-12-24-18)13-5-2-1-3-6-13/h1-9,12,14H,10-11H2,(H,25,27). The molecule has 7 heteroatoms. The minimum atomic E-state index is -0.129. The van der Waals surface area contributed by atoms with Crippen LogP contribution in [0.25, 0.3) is 11.3 Å². The highest BCUT2D eigenvalue weighted by Gasteiger charge is 2.34. The van der Waals surface area contributed by atoms with Crippen molar-refractivity contribution in [2.24, 2.45) is 5.92 Å². The first-order chi connectivity index (χ1) is 13.1. The van der Waals surface area contributed by atoms with Crippen LogP contribution in [0.2, 0.25) is 10.0 Å². The predicted molar refractivity (Wildman–Crippen MR) is 108 cm³/mol. The zero-order valence-corrected chi connectivity index (χ0v) is 15.8. The van der Waals surface area contributed by atoms with E-state index in [1.54, 1.807) is 24.5 Å². The molecule has 5 nitrogen and oxygen atoms in total. The number of benzene rings is 2. The maximum Gasteiger partial charge on any atom is 0.231 e. The second kappa shape index (κ2) is 7.55. The van der Waals surface area contributed by atoms with E-state index in [1.807, 2.05) is 36.4 Å². The van der Waals surface area contributed by atoms with Crippen molar-refractivity contribution in [3.05, 3.63) is 71.0 Å². The number of rotatable bonds is 4. The Morgan fingerprint density at radius 1 is 1.04 bits per heavy atom.